The summed E-state index contributed by atoms with van der Waals surface area (Å²) in [5.41, 5.74) is -0.485. The van der Waals surface area contributed by atoms with E-state index in [9.17, 15) is 31.1 Å². The molecule has 0 saturated carbocycles. The van der Waals surface area contributed by atoms with Crippen LogP contribution in [0.15, 0.2) is 0 Å². The van der Waals surface area contributed by atoms with Gasteiger partial charge in [-0.3, -0.25) is 0 Å². The largest absolute Gasteiger partial charge is 0.464 e. The summed E-state index contributed by atoms with van der Waals surface area (Å²) in [6.45, 7) is 3.49. The number of rotatable bonds is 17. The Balaban J connectivity index is 4.05. The molecule has 0 aliphatic rings. The molecular formula is C19H32F6O6. The van der Waals surface area contributed by atoms with Gasteiger partial charge in [0.05, 0.1) is 25.2 Å². The minimum atomic E-state index is -5.17. The predicted molar refractivity (Wildman–Crippen MR) is 98.4 cm³/mol. The van der Waals surface area contributed by atoms with Crippen LogP contribution in [-0.2, 0) is 23.7 Å². The van der Waals surface area contributed by atoms with Crippen LogP contribution in [0.3, 0.4) is 0 Å². The third-order valence-electron chi connectivity index (χ3n) is 4.00. The molecule has 1 unspecified atom stereocenters. The molecule has 1 atom stereocenters. The minimum absolute atomic E-state index is 0.120. The summed E-state index contributed by atoms with van der Waals surface area (Å²) >= 11 is 0. The first kappa shape index (κ1) is 29.9. The van der Waals surface area contributed by atoms with Gasteiger partial charge in [0.2, 0.25) is 0 Å². The standard InChI is InChI=1S/C19H32F6O6/c1-17(2,7-13-28-10-4-3-9-26)31-12-6-5-11-30-16(27)15(19(23,24)25)29-14-8-18(20,21)22/h15,26H,3-14H2,1-2H3. The van der Waals surface area contributed by atoms with Crippen molar-refractivity contribution in [3.05, 3.63) is 0 Å². The molecule has 0 fully saturated rings. The first-order valence-electron chi connectivity index (χ1n) is 10.0. The zero-order valence-corrected chi connectivity index (χ0v) is 17.8. The number of aliphatic hydroxyl groups excluding tert-OH is 1. The van der Waals surface area contributed by atoms with Crippen LogP contribution in [-0.4, -0.2) is 74.8 Å². The third kappa shape index (κ3) is 17.2. The van der Waals surface area contributed by atoms with E-state index in [1.165, 1.54) is 0 Å². The molecule has 0 spiro atoms. The SMILES string of the molecule is CC(C)(CCOCCCCO)OCCCCOC(=O)C(OCCC(F)(F)F)C(F)(F)F. The van der Waals surface area contributed by atoms with Crippen molar-refractivity contribution in [1.82, 2.24) is 0 Å². The lowest BCUT2D eigenvalue weighted by molar-refractivity contribution is -0.237. The molecule has 0 rings (SSSR count). The van der Waals surface area contributed by atoms with E-state index in [-0.39, 0.29) is 26.2 Å². The molecule has 0 heterocycles. The highest BCUT2D eigenvalue weighted by Gasteiger charge is 2.47. The van der Waals surface area contributed by atoms with E-state index in [0.717, 1.165) is 6.42 Å². The monoisotopic (exact) mass is 470 g/mol. The van der Waals surface area contributed by atoms with Crippen LogP contribution in [0.1, 0.15) is 52.4 Å². The lowest BCUT2D eigenvalue weighted by Crippen LogP contribution is -2.41. The molecule has 0 saturated heterocycles. The summed E-state index contributed by atoms with van der Waals surface area (Å²) in [6, 6.07) is 0. The number of hydrogen-bond acceptors (Lipinski definition) is 6. The third-order valence-corrected chi connectivity index (χ3v) is 4.00. The first-order chi connectivity index (χ1) is 14.3. The quantitative estimate of drug-likeness (QED) is 0.195. The Morgan fingerprint density at radius 2 is 1.45 bits per heavy atom. The van der Waals surface area contributed by atoms with Gasteiger partial charge in [0.1, 0.15) is 0 Å². The van der Waals surface area contributed by atoms with Gasteiger partial charge in [-0.1, -0.05) is 0 Å². The van der Waals surface area contributed by atoms with Gasteiger partial charge in [0.15, 0.2) is 0 Å². The minimum Gasteiger partial charge on any atom is -0.464 e. The van der Waals surface area contributed by atoms with Crippen molar-refractivity contribution in [3.63, 3.8) is 0 Å². The van der Waals surface area contributed by atoms with E-state index in [1.54, 1.807) is 0 Å². The zero-order chi connectivity index (χ0) is 24.0. The van der Waals surface area contributed by atoms with Gasteiger partial charge in [0, 0.05) is 26.4 Å². The number of aliphatic hydroxyl groups is 1. The molecule has 31 heavy (non-hydrogen) atoms. The topological polar surface area (TPSA) is 74.2 Å². The Bertz CT molecular complexity index is 481. The van der Waals surface area contributed by atoms with Gasteiger partial charge < -0.3 is 24.1 Å². The number of hydrogen-bond donors (Lipinski definition) is 1. The van der Waals surface area contributed by atoms with Crippen LogP contribution >= 0.6 is 0 Å². The van der Waals surface area contributed by atoms with Crippen molar-refractivity contribution < 1.29 is 55.2 Å². The number of carbonyl (C=O) groups is 1. The summed E-state index contributed by atoms with van der Waals surface area (Å²) in [4.78, 5) is 11.5. The highest BCUT2D eigenvalue weighted by atomic mass is 19.4. The van der Waals surface area contributed by atoms with Crippen molar-refractivity contribution in [1.29, 1.82) is 0 Å². The molecule has 0 aromatic rings. The summed E-state index contributed by atoms with van der Waals surface area (Å²) in [5, 5.41) is 8.67. The Labute approximate surface area is 178 Å². The van der Waals surface area contributed by atoms with E-state index < -0.39 is 43.1 Å². The van der Waals surface area contributed by atoms with Crippen molar-refractivity contribution >= 4 is 5.97 Å². The number of unbranched alkanes of at least 4 members (excludes halogenated alkanes) is 2. The first-order valence-corrected chi connectivity index (χ1v) is 10.0. The molecule has 0 aromatic heterocycles. The Kier molecular flexibility index (Phi) is 14.3. The Morgan fingerprint density at radius 1 is 0.839 bits per heavy atom. The second-order valence-electron chi connectivity index (χ2n) is 7.43. The van der Waals surface area contributed by atoms with Gasteiger partial charge in [-0.05, 0) is 46.0 Å². The number of carbonyl (C=O) groups excluding carboxylic acids is 1. The summed E-state index contributed by atoms with van der Waals surface area (Å²) < 4.78 is 94.2. The van der Waals surface area contributed by atoms with Crippen LogP contribution in [0.4, 0.5) is 26.3 Å². The average Bonchev–Trinajstić information content (AvgIpc) is 2.62. The lowest BCUT2D eigenvalue weighted by Gasteiger charge is -2.25. The zero-order valence-electron chi connectivity index (χ0n) is 17.8. The normalized spacial score (nSPS) is 14.0. The van der Waals surface area contributed by atoms with Crippen LogP contribution in [0.2, 0.25) is 0 Å². The van der Waals surface area contributed by atoms with Gasteiger partial charge in [-0.25, -0.2) is 4.79 Å². The molecule has 12 heteroatoms. The molecule has 6 nitrogen and oxygen atoms in total. The molecule has 186 valence electrons. The van der Waals surface area contributed by atoms with E-state index >= 15 is 0 Å². The predicted octanol–water partition coefficient (Wildman–Crippen LogP) is 4.18. The maximum Gasteiger partial charge on any atom is 0.425 e. The highest BCUT2D eigenvalue weighted by molar-refractivity contribution is 5.75. The van der Waals surface area contributed by atoms with Gasteiger partial charge in [-0.15, -0.1) is 0 Å². The maximum absolute atomic E-state index is 12.8. The number of ether oxygens (including phenoxy) is 4. The lowest BCUT2D eigenvalue weighted by atomic mass is 10.1. The number of esters is 1. The van der Waals surface area contributed by atoms with E-state index in [1.807, 2.05) is 13.8 Å². The van der Waals surface area contributed by atoms with Crippen LogP contribution < -0.4 is 0 Å². The molecular weight excluding hydrogens is 438 g/mol. The fourth-order valence-corrected chi connectivity index (χ4v) is 2.20. The number of alkyl halides is 6. The average molecular weight is 470 g/mol. The molecule has 0 aliphatic carbocycles. The molecule has 0 aromatic carbocycles. The Hall–Kier alpha value is -1.11. The van der Waals surface area contributed by atoms with Crippen LogP contribution in [0, 0.1) is 0 Å². The molecule has 0 amide bonds. The van der Waals surface area contributed by atoms with Crippen LogP contribution in [0.25, 0.3) is 0 Å². The highest BCUT2D eigenvalue weighted by Crippen LogP contribution is 2.26. The van der Waals surface area contributed by atoms with Gasteiger partial charge in [0.25, 0.3) is 6.10 Å². The van der Waals surface area contributed by atoms with Crippen molar-refractivity contribution in [3.8, 4) is 0 Å². The smallest absolute Gasteiger partial charge is 0.425 e. The van der Waals surface area contributed by atoms with Crippen LogP contribution in [0.5, 0.6) is 0 Å². The van der Waals surface area contributed by atoms with Gasteiger partial charge >= 0.3 is 18.3 Å². The molecule has 0 aliphatic heterocycles. The fraction of sp³-hybridized carbons (Fsp3) is 0.947. The second kappa shape index (κ2) is 14.9. The van der Waals surface area contributed by atoms with E-state index in [0.29, 0.717) is 32.5 Å². The number of halogens is 6. The summed E-state index contributed by atoms with van der Waals surface area (Å²) in [7, 11) is 0. The van der Waals surface area contributed by atoms with Crippen molar-refractivity contribution in [2.24, 2.45) is 0 Å². The van der Waals surface area contributed by atoms with Crippen molar-refractivity contribution in [2.75, 3.05) is 39.6 Å². The summed E-state index contributed by atoms with van der Waals surface area (Å²) in [5.74, 6) is -1.77. The Morgan fingerprint density at radius 3 is 2.03 bits per heavy atom. The second-order valence-corrected chi connectivity index (χ2v) is 7.43. The maximum atomic E-state index is 12.8. The van der Waals surface area contributed by atoms with E-state index in [4.69, 9.17) is 14.6 Å². The molecule has 0 radical (unpaired) electrons. The molecule has 0 bridgehead atoms. The summed E-state index contributed by atoms with van der Waals surface area (Å²) in [6.07, 6.45) is -11.9. The van der Waals surface area contributed by atoms with Gasteiger partial charge in [-0.2, -0.15) is 26.3 Å². The van der Waals surface area contributed by atoms with E-state index in [2.05, 4.69) is 9.47 Å². The fourth-order valence-electron chi connectivity index (χ4n) is 2.20. The molecule has 1 N–H and O–H groups in total. The van der Waals surface area contributed by atoms with Crippen molar-refractivity contribution in [2.45, 2.75) is 76.4 Å².